The molecule has 0 spiro atoms. The van der Waals surface area contributed by atoms with Gasteiger partial charge in [0.2, 0.25) is 0 Å². The number of aromatic nitrogens is 2. The normalized spacial score (nSPS) is 19.4. The first-order valence-corrected chi connectivity index (χ1v) is 19.4. The van der Waals surface area contributed by atoms with Crippen molar-refractivity contribution in [2.75, 3.05) is 6.54 Å². The van der Waals surface area contributed by atoms with Crippen molar-refractivity contribution >= 4 is 27.6 Å². The van der Waals surface area contributed by atoms with Crippen LogP contribution in [0.4, 0.5) is 0 Å². The fourth-order valence-corrected chi connectivity index (χ4v) is 8.26. The van der Waals surface area contributed by atoms with Gasteiger partial charge in [-0.1, -0.05) is 93.2 Å². The summed E-state index contributed by atoms with van der Waals surface area (Å²) in [5.41, 5.74) is 12.1. The Labute approximate surface area is 307 Å². The summed E-state index contributed by atoms with van der Waals surface area (Å²) in [5, 5.41) is 2.58. The smallest absolute Gasteiger partial charge is 0.131 e. The molecule has 4 nitrogen and oxygen atoms in total. The van der Waals surface area contributed by atoms with Crippen molar-refractivity contribution in [2.24, 2.45) is 10.4 Å². The van der Waals surface area contributed by atoms with Crippen LogP contribution in [0.25, 0.3) is 38.8 Å². The Hall–Kier alpha value is -3.92. The summed E-state index contributed by atoms with van der Waals surface area (Å²) < 4.78 is 2.52. The predicted octanol–water partition coefficient (Wildman–Crippen LogP) is 12.3. The molecule has 0 saturated heterocycles. The molecule has 5 aromatic rings. The Morgan fingerprint density at radius 3 is 2.06 bits per heavy atom. The summed E-state index contributed by atoms with van der Waals surface area (Å²) in [6, 6.07) is 24.0. The van der Waals surface area contributed by atoms with E-state index in [1.54, 1.807) is 0 Å². The first kappa shape index (κ1) is 35.5. The monoisotopic (exact) mass is 680 g/mol. The second-order valence-electron chi connectivity index (χ2n) is 19.1. The number of amidine groups is 1. The lowest BCUT2D eigenvalue weighted by atomic mass is 9.75. The Kier molecular flexibility index (Phi) is 8.59. The summed E-state index contributed by atoms with van der Waals surface area (Å²) in [5.74, 6) is 1.18. The number of rotatable bonds is 4. The topological polar surface area (TPSA) is 33.4 Å². The van der Waals surface area contributed by atoms with Gasteiger partial charge in [-0.3, -0.25) is 9.98 Å². The van der Waals surface area contributed by atoms with Gasteiger partial charge in [0.15, 0.2) is 0 Å². The third-order valence-corrected chi connectivity index (χ3v) is 12.2. The molecule has 0 N–H and O–H groups in total. The Morgan fingerprint density at radius 1 is 0.706 bits per heavy atom. The zero-order chi connectivity index (χ0) is 36.7. The lowest BCUT2D eigenvalue weighted by Crippen LogP contribution is -2.47. The van der Waals surface area contributed by atoms with Crippen LogP contribution in [0.15, 0.2) is 71.9 Å². The molecule has 1 fully saturated rings. The number of nitrogens with zero attached hydrogens (tertiary/aromatic N) is 4. The molecular weight excluding hydrogens is 621 g/mol. The third kappa shape index (κ3) is 6.42. The quantitative estimate of drug-likeness (QED) is 0.189. The second kappa shape index (κ2) is 12.3. The number of fused-ring (bicyclic) bond motifs is 3. The lowest BCUT2D eigenvalue weighted by molar-refractivity contribution is 0.160. The van der Waals surface area contributed by atoms with E-state index < -0.39 is 0 Å². The Bertz CT molecular complexity index is 2150. The van der Waals surface area contributed by atoms with Crippen LogP contribution in [0.3, 0.4) is 0 Å². The van der Waals surface area contributed by atoms with E-state index in [1.807, 2.05) is 6.20 Å². The van der Waals surface area contributed by atoms with Gasteiger partial charge in [0.05, 0.1) is 22.3 Å². The summed E-state index contributed by atoms with van der Waals surface area (Å²) in [6.07, 6.45) is 8.45. The maximum Gasteiger partial charge on any atom is 0.131 e. The summed E-state index contributed by atoms with van der Waals surface area (Å²) in [7, 11) is 0. The van der Waals surface area contributed by atoms with Crippen LogP contribution in [0.2, 0.25) is 0 Å². The van der Waals surface area contributed by atoms with Gasteiger partial charge in [-0.2, -0.15) is 0 Å². The number of aryl methyl sites for hydroxylation is 2. The molecule has 2 aromatic heterocycles. The Morgan fingerprint density at radius 2 is 1.39 bits per heavy atom. The molecule has 51 heavy (non-hydrogen) atoms. The van der Waals surface area contributed by atoms with E-state index >= 15 is 0 Å². The molecule has 0 unspecified atom stereocenters. The summed E-state index contributed by atoms with van der Waals surface area (Å²) in [6.45, 7) is 28.7. The van der Waals surface area contributed by atoms with Gasteiger partial charge >= 0.3 is 0 Å². The molecule has 7 rings (SSSR count). The van der Waals surface area contributed by atoms with E-state index in [9.17, 15) is 0 Å². The highest BCUT2D eigenvalue weighted by atomic mass is 15.3. The SMILES string of the molecule is Cc1ccc2c(c1)c1cc(C)c(-c3cc(C(C)(C)C)ccn3)cc1n2-c1cc(C2=N[C@](C)(C(C)(C)C)CN2C2CCCCC2)cc(C(C)(C)C)c1. The number of aliphatic imine (C=N–C) groups is 1. The van der Waals surface area contributed by atoms with Crippen molar-refractivity contribution in [2.45, 2.75) is 138 Å². The third-order valence-electron chi connectivity index (χ3n) is 12.2. The Balaban J connectivity index is 1.50. The first-order chi connectivity index (χ1) is 23.8. The first-order valence-electron chi connectivity index (χ1n) is 19.4. The molecule has 2 aliphatic rings. The van der Waals surface area contributed by atoms with E-state index in [4.69, 9.17) is 9.98 Å². The van der Waals surface area contributed by atoms with Gasteiger partial charge in [0, 0.05) is 46.4 Å². The number of hydrogen-bond donors (Lipinski definition) is 0. The fraction of sp³-hybridized carbons (Fsp3) is 0.489. The minimum absolute atomic E-state index is 0.0403. The molecule has 3 heterocycles. The van der Waals surface area contributed by atoms with Crippen LogP contribution in [-0.2, 0) is 10.8 Å². The molecule has 1 aliphatic carbocycles. The van der Waals surface area contributed by atoms with Crippen LogP contribution in [-0.4, -0.2) is 38.4 Å². The number of hydrogen-bond acceptors (Lipinski definition) is 3. The van der Waals surface area contributed by atoms with Crippen LogP contribution in [0, 0.1) is 19.3 Å². The van der Waals surface area contributed by atoms with Crippen molar-refractivity contribution in [3.63, 3.8) is 0 Å². The highest BCUT2D eigenvalue weighted by Gasteiger charge is 2.46. The molecule has 1 aliphatic heterocycles. The zero-order valence-corrected chi connectivity index (χ0v) is 33.5. The fourth-order valence-electron chi connectivity index (χ4n) is 8.26. The molecular formula is C47H60N4. The van der Waals surface area contributed by atoms with E-state index in [-0.39, 0.29) is 21.8 Å². The van der Waals surface area contributed by atoms with Crippen molar-refractivity contribution in [1.29, 1.82) is 0 Å². The van der Waals surface area contributed by atoms with Gasteiger partial charge in [-0.25, -0.2) is 0 Å². The maximum absolute atomic E-state index is 5.72. The molecule has 0 radical (unpaired) electrons. The molecule has 4 heteroatoms. The molecule has 0 bridgehead atoms. The average Bonchev–Trinajstić information content (AvgIpc) is 3.59. The van der Waals surface area contributed by atoms with E-state index in [2.05, 4.69) is 153 Å². The molecule has 268 valence electrons. The van der Waals surface area contributed by atoms with Crippen LogP contribution >= 0.6 is 0 Å². The number of benzene rings is 3. The van der Waals surface area contributed by atoms with Gasteiger partial charge < -0.3 is 9.47 Å². The van der Waals surface area contributed by atoms with Crippen molar-refractivity contribution < 1.29 is 0 Å². The van der Waals surface area contributed by atoms with Crippen molar-refractivity contribution in [3.8, 4) is 16.9 Å². The van der Waals surface area contributed by atoms with Crippen LogP contribution in [0.5, 0.6) is 0 Å². The molecule has 1 atom stereocenters. The highest BCUT2D eigenvalue weighted by Crippen LogP contribution is 2.43. The second-order valence-corrected chi connectivity index (χ2v) is 19.1. The van der Waals surface area contributed by atoms with Gasteiger partial charge in [-0.15, -0.1) is 0 Å². The van der Waals surface area contributed by atoms with E-state index in [0.29, 0.717) is 6.04 Å². The van der Waals surface area contributed by atoms with Crippen LogP contribution < -0.4 is 0 Å². The molecule has 0 amide bonds. The molecule has 3 aromatic carbocycles. The highest BCUT2D eigenvalue weighted by molar-refractivity contribution is 6.11. The zero-order valence-electron chi connectivity index (χ0n) is 33.5. The minimum Gasteiger partial charge on any atom is -0.351 e. The van der Waals surface area contributed by atoms with E-state index in [0.717, 1.165) is 12.2 Å². The van der Waals surface area contributed by atoms with Crippen molar-refractivity contribution in [3.05, 3.63) is 94.7 Å². The lowest BCUT2D eigenvalue weighted by Gasteiger charge is -2.39. The predicted molar refractivity (Wildman–Crippen MR) is 219 cm³/mol. The summed E-state index contributed by atoms with van der Waals surface area (Å²) in [4.78, 5) is 13.4. The maximum atomic E-state index is 5.72. The summed E-state index contributed by atoms with van der Waals surface area (Å²) >= 11 is 0. The average molecular weight is 681 g/mol. The number of pyridine rings is 1. The standard InChI is InChI=1S/C47H60N4/c1-30-18-19-41-38(22-30)39-23-31(2)37(40-27-33(20-21-48-40)44(3,4)5)28-42(39)51(41)36-25-32(24-34(26-36)45(6,7)8)43-49-47(12,46(9,10)11)29-50(43)35-16-14-13-15-17-35/h18-28,35H,13-17,29H2,1-12H3/t47-/m0/s1. The largest absolute Gasteiger partial charge is 0.351 e. The molecule has 1 saturated carbocycles. The van der Waals surface area contributed by atoms with E-state index in [1.165, 1.54) is 98.8 Å². The van der Waals surface area contributed by atoms with Crippen molar-refractivity contribution in [1.82, 2.24) is 14.5 Å². The van der Waals surface area contributed by atoms with Gasteiger partial charge in [-0.05, 0) is 121 Å². The van der Waals surface area contributed by atoms with Crippen LogP contribution in [0.1, 0.15) is 129 Å². The minimum atomic E-state index is -0.164. The van der Waals surface area contributed by atoms with Gasteiger partial charge in [0.25, 0.3) is 0 Å². The van der Waals surface area contributed by atoms with Gasteiger partial charge in [0.1, 0.15) is 5.84 Å².